The van der Waals surface area contributed by atoms with Crippen molar-refractivity contribution in [3.05, 3.63) is 28.8 Å². The third kappa shape index (κ3) is 4.62. The Morgan fingerprint density at radius 3 is 2.37 bits per heavy atom. The van der Waals surface area contributed by atoms with Crippen LogP contribution in [0.4, 0.5) is 4.79 Å². The summed E-state index contributed by atoms with van der Waals surface area (Å²) in [6.07, 6.45) is -0.446. The van der Waals surface area contributed by atoms with Gasteiger partial charge in [-0.2, -0.15) is 0 Å². The lowest BCUT2D eigenvalue weighted by Gasteiger charge is -2.12. The van der Waals surface area contributed by atoms with Crippen LogP contribution >= 0.6 is 0 Å². The Kier molecular flexibility index (Phi) is 5.36. The highest BCUT2D eigenvalue weighted by atomic mass is 16.5. The maximum atomic E-state index is 11.4. The Labute approximate surface area is 112 Å². The standard InChI is InChI=1S/C14H19NO4/c1-9(2)15-14(17)18-7-12-5-10(3)13(19-8-16)11(4)6-12/h5-6,8-9H,7H2,1-4H3,(H,15,17). The average Bonchev–Trinajstić information content (AvgIpc) is 2.30. The monoisotopic (exact) mass is 265 g/mol. The molecule has 104 valence electrons. The summed E-state index contributed by atoms with van der Waals surface area (Å²) in [6, 6.07) is 3.70. The van der Waals surface area contributed by atoms with E-state index in [1.165, 1.54) is 0 Å². The minimum atomic E-state index is -0.446. The van der Waals surface area contributed by atoms with Crippen LogP contribution in [0.1, 0.15) is 30.5 Å². The zero-order valence-corrected chi connectivity index (χ0v) is 11.6. The summed E-state index contributed by atoms with van der Waals surface area (Å²) in [4.78, 5) is 21.7. The number of carbonyl (C=O) groups is 2. The van der Waals surface area contributed by atoms with Gasteiger partial charge in [0.05, 0.1) is 0 Å². The van der Waals surface area contributed by atoms with Gasteiger partial charge >= 0.3 is 6.09 Å². The highest BCUT2D eigenvalue weighted by Crippen LogP contribution is 2.24. The van der Waals surface area contributed by atoms with E-state index in [0.29, 0.717) is 12.2 Å². The van der Waals surface area contributed by atoms with Crippen LogP contribution in [0.25, 0.3) is 0 Å². The highest BCUT2D eigenvalue weighted by Gasteiger charge is 2.09. The number of hydrogen-bond acceptors (Lipinski definition) is 4. The first-order valence-electron chi connectivity index (χ1n) is 6.07. The van der Waals surface area contributed by atoms with Crippen LogP contribution in [0, 0.1) is 13.8 Å². The van der Waals surface area contributed by atoms with Gasteiger partial charge in [-0.15, -0.1) is 0 Å². The predicted octanol–water partition coefficient (Wildman–Crippen LogP) is 2.47. The molecule has 0 aliphatic rings. The Balaban J connectivity index is 2.70. The molecule has 19 heavy (non-hydrogen) atoms. The number of carbonyl (C=O) groups excluding carboxylic acids is 2. The molecule has 5 heteroatoms. The van der Waals surface area contributed by atoms with E-state index in [-0.39, 0.29) is 12.6 Å². The van der Waals surface area contributed by atoms with E-state index in [9.17, 15) is 9.59 Å². The zero-order valence-electron chi connectivity index (χ0n) is 11.6. The molecule has 5 nitrogen and oxygen atoms in total. The molecule has 0 fully saturated rings. The summed E-state index contributed by atoms with van der Waals surface area (Å²) in [5.74, 6) is 0.547. The summed E-state index contributed by atoms with van der Waals surface area (Å²) in [7, 11) is 0. The number of ether oxygens (including phenoxy) is 2. The highest BCUT2D eigenvalue weighted by molar-refractivity contribution is 5.67. The van der Waals surface area contributed by atoms with E-state index in [0.717, 1.165) is 16.7 Å². The zero-order chi connectivity index (χ0) is 14.4. The van der Waals surface area contributed by atoms with E-state index in [1.807, 2.05) is 39.8 Å². The van der Waals surface area contributed by atoms with Crippen molar-refractivity contribution >= 4 is 12.6 Å². The van der Waals surface area contributed by atoms with E-state index in [4.69, 9.17) is 9.47 Å². The van der Waals surface area contributed by atoms with Gasteiger partial charge in [-0.25, -0.2) is 4.79 Å². The molecule has 0 aromatic heterocycles. The number of alkyl carbamates (subject to hydrolysis) is 1. The van der Waals surface area contributed by atoms with Crippen molar-refractivity contribution in [1.29, 1.82) is 0 Å². The van der Waals surface area contributed by atoms with Crippen LogP contribution in [0.3, 0.4) is 0 Å². The molecule has 0 bridgehead atoms. The maximum absolute atomic E-state index is 11.4. The second-order valence-electron chi connectivity index (χ2n) is 4.65. The van der Waals surface area contributed by atoms with Gasteiger partial charge in [0.15, 0.2) is 0 Å². The second kappa shape index (κ2) is 6.78. The summed E-state index contributed by atoms with van der Waals surface area (Å²) in [5, 5.41) is 2.64. The second-order valence-corrected chi connectivity index (χ2v) is 4.65. The molecule has 1 aromatic carbocycles. The molecule has 1 aromatic rings. The van der Waals surface area contributed by atoms with Crippen LogP contribution in [0.2, 0.25) is 0 Å². The Bertz CT molecular complexity index is 446. The van der Waals surface area contributed by atoms with Crippen molar-refractivity contribution in [1.82, 2.24) is 5.32 Å². The van der Waals surface area contributed by atoms with Crippen LogP contribution < -0.4 is 10.1 Å². The van der Waals surface area contributed by atoms with E-state index < -0.39 is 6.09 Å². The van der Waals surface area contributed by atoms with Crippen LogP contribution in [0.15, 0.2) is 12.1 Å². The molecule has 0 saturated heterocycles. The van der Waals surface area contributed by atoms with Gasteiger partial charge in [0.25, 0.3) is 6.47 Å². The fourth-order valence-electron chi connectivity index (χ4n) is 1.78. The molecule has 1 amide bonds. The van der Waals surface area contributed by atoms with Gasteiger partial charge in [-0.05, 0) is 56.5 Å². The number of benzene rings is 1. The van der Waals surface area contributed by atoms with E-state index >= 15 is 0 Å². The van der Waals surface area contributed by atoms with Gasteiger partial charge in [-0.3, -0.25) is 4.79 Å². The fraction of sp³-hybridized carbons (Fsp3) is 0.429. The van der Waals surface area contributed by atoms with Crippen molar-refractivity contribution in [2.75, 3.05) is 0 Å². The van der Waals surface area contributed by atoms with Crippen LogP contribution in [-0.4, -0.2) is 18.6 Å². The van der Waals surface area contributed by atoms with E-state index in [2.05, 4.69) is 5.32 Å². The van der Waals surface area contributed by atoms with Crippen LogP contribution in [-0.2, 0) is 16.1 Å². The lowest BCUT2D eigenvalue weighted by Crippen LogP contribution is -2.30. The number of rotatable bonds is 5. The lowest BCUT2D eigenvalue weighted by molar-refractivity contribution is -0.120. The summed E-state index contributed by atoms with van der Waals surface area (Å²) in [5.41, 5.74) is 2.51. The summed E-state index contributed by atoms with van der Waals surface area (Å²) < 4.78 is 9.99. The van der Waals surface area contributed by atoms with Crippen molar-refractivity contribution in [3.8, 4) is 5.75 Å². The molecule has 0 radical (unpaired) electrons. The summed E-state index contributed by atoms with van der Waals surface area (Å²) in [6.45, 7) is 7.98. The Morgan fingerprint density at radius 2 is 1.89 bits per heavy atom. The molecule has 0 aliphatic carbocycles. The SMILES string of the molecule is Cc1cc(COC(=O)NC(C)C)cc(C)c1OC=O. The topological polar surface area (TPSA) is 64.6 Å². The molecule has 0 unspecified atom stereocenters. The third-order valence-corrected chi connectivity index (χ3v) is 2.46. The molecule has 0 spiro atoms. The van der Waals surface area contributed by atoms with Crippen molar-refractivity contribution in [2.24, 2.45) is 0 Å². The minimum absolute atomic E-state index is 0.0411. The maximum Gasteiger partial charge on any atom is 0.407 e. The smallest absolute Gasteiger partial charge is 0.407 e. The number of aryl methyl sites for hydroxylation is 2. The first kappa shape index (κ1) is 15.0. The number of amides is 1. The number of nitrogens with one attached hydrogen (secondary N) is 1. The molecule has 0 aliphatic heterocycles. The first-order valence-corrected chi connectivity index (χ1v) is 6.07. The van der Waals surface area contributed by atoms with Crippen molar-refractivity contribution in [3.63, 3.8) is 0 Å². The normalized spacial score (nSPS) is 10.2. The van der Waals surface area contributed by atoms with Gasteiger partial charge in [-0.1, -0.05) is 0 Å². The molecular formula is C14H19NO4. The fourth-order valence-corrected chi connectivity index (χ4v) is 1.78. The third-order valence-electron chi connectivity index (χ3n) is 2.46. The molecule has 1 N–H and O–H groups in total. The Hall–Kier alpha value is -2.04. The van der Waals surface area contributed by atoms with Crippen molar-refractivity contribution < 1.29 is 19.1 Å². The minimum Gasteiger partial charge on any atom is -0.445 e. The molecule has 0 saturated carbocycles. The molecular weight excluding hydrogens is 246 g/mol. The lowest BCUT2D eigenvalue weighted by atomic mass is 10.1. The average molecular weight is 265 g/mol. The van der Waals surface area contributed by atoms with Crippen molar-refractivity contribution in [2.45, 2.75) is 40.3 Å². The van der Waals surface area contributed by atoms with Crippen LogP contribution in [0.5, 0.6) is 5.75 Å². The van der Waals surface area contributed by atoms with E-state index in [1.54, 1.807) is 0 Å². The largest absolute Gasteiger partial charge is 0.445 e. The summed E-state index contributed by atoms with van der Waals surface area (Å²) >= 11 is 0. The number of hydrogen-bond donors (Lipinski definition) is 1. The molecule has 0 atom stereocenters. The quantitative estimate of drug-likeness (QED) is 0.831. The molecule has 0 heterocycles. The van der Waals surface area contributed by atoms with Gasteiger partial charge in [0.2, 0.25) is 0 Å². The van der Waals surface area contributed by atoms with Gasteiger partial charge < -0.3 is 14.8 Å². The van der Waals surface area contributed by atoms with Gasteiger partial charge in [0.1, 0.15) is 12.4 Å². The predicted molar refractivity (Wildman–Crippen MR) is 71.1 cm³/mol. The molecule has 1 rings (SSSR count). The Morgan fingerprint density at radius 1 is 1.32 bits per heavy atom. The first-order chi connectivity index (χ1) is 8.93. The van der Waals surface area contributed by atoms with Gasteiger partial charge in [0, 0.05) is 6.04 Å².